The number of rotatable bonds is 7. The standard InChI is InChI=1S/C18H20ClN3O3S.C11H9Cl2N3O2/c1-12-7-9-14(10-8-12)26(23,24)18-13(2)25-22(11-19)17(18)15-5-3-4-6-16(15)21-20;1-7-9(11(17)16(13)15-12)10(14-18-7)8-5-3-2-4-6-8/h3-10,15,17H,11,20H2,1-2H3;2-6,15H,1H3. The van der Waals surface area contributed by atoms with Crippen LogP contribution in [0.25, 0.3) is 11.3 Å². The second-order valence-electron chi connectivity index (χ2n) is 9.63. The summed E-state index contributed by atoms with van der Waals surface area (Å²) in [6.45, 7) is 5.16. The summed E-state index contributed by atoms with van der Waals surface area (Å²) >= 11 is 16.9. The highest BCUT2D eigenvalue weighted by molar-refractivity contribution is 7.95. The number of benzene rings is 2. The number of aromatic nitrogens is 1. The number of amides is 1. The Kier molecular flexibility index (Phi) is 10.9. The number of hydrogen-bond donors (Lipinski definition) is 2. The Morgan fingerprint density at radius 1 is 1.11 bits per heavy atom. The molecule has 0 saturated carbocycles. The molecule has 1 aliphatic heterocycles. The number of carbonyl (C=O) groups excluding carboxylic acids is 1. The number of nitrogens with two attached hydrogens (primary N) is 1. The van der Waals surface area contributed by atoms with E-state index in [0.717, 1.165) is 11.1 Å². The normalized spacial score (nSPS) is 19.1. The third kappa shape index (κ3) is 6.85. The average molecular weight is 680 g/mol. The van der Waals surface area contributed by atoms with Gasteiger partial charge in [0.05, 0.1) is 16.6 Å². The van der Waals surface area contributed by atoms with Crippen molar-refractivity contribution in [3.63, 3.8) is 0 Å². The molecule has 3 N–H and O–H groups in total. The largest absolute Gasteiger partial charge is 0.408 e. The fourth-order valence-corrected chi connectivity index (χ4v) is 6.85. The van der Waals surface area contributed by atoms with Gasteiger partial charge in [0.1, 0.15) is 33.7 Å². The van der Waals surface area contributed by atoms with E-state index in [9.17, 15) is 13.2 Å². The van der Waals surface area contributed by atoms with Crippen molar-refractivity contribution in [1.82, 2.24) is 19.7 Å². The van der Waals surface area contributed by atoms with E-state index in [2.05, 4.69) is 10.3 Å². The second kappa shape index (κ2) is 14.4. The molecule has 0 bridgehead atoms. The molecule has 2 atom stereocenters. The topological polar surface area (TPSA) is 143 Å². The fourth-order valence-electron chi connectivity index (χ4n) is 4.75. The summed E-state index contributed by atoms with van der Waals surface area (Å²) in [5.74, 6) is 5.25. The monoisotopic (exact) mass is 678 g/mol. The van der Waals surface area contributed by atoms with Crippen LogP contribution < -0.4 is 10.8 Å². The first kappa shape index (κ1) is 33.2. The molecule has 0 fully saturated rings. The van der Waals surface area contributed by atoms with Crippen molar-refractivity contribution in [3.8, 4) is 11.3 Å². The molecule has 2 aromatic carbocycles. The Bertz CT molecular complexity index is 1720. The molecule has 44 heavy (non-hydrogen) atoms. The smallest absolute Gasteiger partial charge is 0.290 e. The van der Waals surface area contributed by atoms with E-state index < -0.39 is 27.7 Å². The molecular formula is C29H29Cl3N6O5S. The molecule has 0 radical (unpaired) electrons. The molecule has 3 aromatic rings. The number of halogens is 3. The lowest BCUT2D eigenvalue weighted by Gasteiger charge is -2.29. The molecule has 2 heterocycles. The predicted molar refractivity (Wildman–Crippen MR) is 170 cm³/mol. The lowest BCUT2D eigenvalue weighted by atomic mass is 9.90. The number of hydroxylamine groups is 2. The van der Waals surface area contributed by atoms with Crippen LogP contribution in [0.2, 0.25) is 0 Å². The van der Waals surface area contributed by atoms with Gasteiger partial charge in [0.2, 0.25) is 9.84 Å². The zero-order valence-corrected chi connectivity index (χ0v) is 26.9. The molecule has 1 amide bonds. The number of alkyl halides is 1. The Morgan fingerprint density at radius 3 is 2.41 bits per heavy atom. The molecule has 15 heteroatoms. The number of carbonyl (C=O) groups is 1. The van der Waals surface area contributed by atoms with Crippen LogP contribution in [0.3, 0.4) is 0 Å². The molecule has 5 rings (SSSR count). The molecule has 11 nitrogen and oxygen atoms in total. The van der Waals surface area contributed by atoms with Crippen molar-refractivity contribution in [1.29, 1.82) is 0 Å². The molecular weight excluding hydrogens is 651 g/mol. The van der Waals surface area contributed by atoms with E-state index >= 15 is 0 Å². The third-order valence-corrected chi connectivity index (χ3v) is 9.55. The summed E-state index contributed by atoms with van der Waals surface area (Å²) in [7, 11) is -3.78. The SMILES string of the molecule is CC1=C(S(=O)(=O)c2ccc(C)cc2)C(C2C=CC=CC2=NN)N(CCl)O1.Cc1onc(-c2ccccc2)c1C(=O)N(Cl)NCl. The van der Waals surface area contributed by atoms with Gasteiger partial charge in [-0.2, -0.15) is 9.63 Å². The highest BCUT2D eigenvalue weighted by Crippen LogP contribution is 2.39. The van der Waals surface area contributed by atoms with Crippen LogP contribution in [0, 0.1) is 19.8 Å². The zero-order chi connectivity index (χ0) is 32.0. The minimum Gasteiger partial charge on any atom is -0.408 e. The van der Waals surface area contributed by atoms with Crippen LogP contribution in [-0.4, -0.2) is 46.8 Å². The molecule has 1 aromatic heterocycles. The van der Waals surface area contributed by atoms with Crippen LogP contribution in [0.5, 0.6) is 0 Å². The number of hydrazone groups is 1. The van der Waals surface area contributed by atoms with E-state index in [0.29, 0.717) is 27.5 Å². The number of sulfone groups is 1. The maximum atomic E-state index is 13.3. The van der Waals surface area contributed by atoms with Crippen LogP contribution >= 0.6 is 35.2 Å². The number of hydrogen-bond acceptors (Lipinski definition) is 10. The number of nitrogens with zero attached hydrogens (tertiary/aromatic N) is 4. The number of hydrazine groups is 1. The third-order valence-electron chi connectivity index (χ3n) is 6.82. The van der Waals surface area contributed by atoms with Crippen LogP contribution in [-0.2, 0) is 14.7 Å². The first-order chi connectivity index (χ1) is 21.0. The molecule has 0 spiro atoms. The lowest BCUT2D eigenvalue weighted by Crippen LogP contribution is -2.41. The van der Waals surface area contributed by atoms with E-state index in [1.54, 1.807) is 50.3 Å². The van der Waals surface area contributed by atoms with Gasteiger partial charge in [-0.05, 0) is 50.8 Å². The first-order valence-corrected chi connectivity index (χ1v) is 15.8. The van der Waals surface area contributed by atoms with Gasteiger partial charge < -0.3 is 15.2 Å². The van der Waals surface area contributed by atoms with Crippen molar-refractivity contribution < 1.29 is 22.6 Å². The lowest BCUT2D eigenvalue weighted by molar-refractivity contribution is -0.104. The van der Waals surface area contributed by atoms with Gasteiger partial charge in [-0.1, -0.05) is 71.4 Å². The van der Waals surface area contributed by atoms with Crippen molar-refractivity contribution in [3.05, 3.63) is 106 Å². The van der Waals surface area contributed by atoms with Gasteiger partial charge in [0.15, 0.2) is 0 Å². The summed E-state index contributed by atoms with van der Waals surface area (Å²) in [4.78, 5) is 20.1. The summed E-state index contributed by atoms with van der Waals surface area (Å²) in [6, 6.07) is 15.3. The molecule has 2 aliphatic rings. The second-order valence-corrected chi connectivity index (χ2v) is 12.3. The summed E-state index contributed by atoms with van der Waals surface area (Å²) in [5.41, 5.74) is 2.99. The molecule has 1 aliphatic carbocycles. The summed E-state index contributed by atoms with van der Waals surface area (Å²) < 4.78 is 32.4. The van der Waals surface area contributed by atoms with Crippen LogP contribution in [0.4, 0.5) is 0 Å². The van der Waals surface area contributed by atoms with Gasteiger partial charge in [-0.15, -0.1) is 21.6 Å². The minimum absolute atomic E-state index is 0.000824. The van der Waals surface area contributed by atoms with Gasteiger partial charge >= 0.3 is 0 Å². The fraction of sp³-hybridized carbons (Fsp3) is 0.207. The molecule has 2 unspecified atom stereocenters. The zero-order valence-electron chi connectivity index (χ0n) is 23.8. The van der Waals surface area contributed by atoms with E-state index in [1.807, 2.05) is 54.4 Å². The van der Waals surface area contributed by atoms with Gasteiger partial charge in [-0.25, -0.2) is 8.42 Å². The van der Waals surface area contributed by atoms with Crippen molar-refractivity contribution in [2.24, 2.45) is 16.9 Å². The number of nitrogens with one attached hydrogen (secondary N) is 1. The quantitative estimate of drug-likeness (QED) is 0.105. The van der Waals surface area contributed by atoms with Crippen molar-refractivity contribution >= 4 is 56.6 Å². The number of aryl methyl sites for hydroxylation is 2. The summed E-state index contributed by atoms with van der Waals surface area (Å²) in [6.07, 6.45) is 7.23. The average Bonchev–Trinajstić information content (AvgIpc) is 3.60. The minimum atomic E-state index is -3.78. The predicted octanol–water partition coefficient (Wildman–Crippen LogP) is 5.77. The Balaban J connectivity index is 0.000000215. The highest BCUT2D eigenvalue weighted by Gasteiger charge is 2.46. The first-order valence-electron chi connectivity index (χ1n) is 13.1. The van der Waals surface area contributed by atoms with Crippen molar-refractivity contribution in [2.75, 3.05) is 6.00 Å². The van der Waals surface area contributed by atoms with Gasteiger partial charge in [-0.3, -0.25) is 4.79 Å². The molecule has 0 saturated heterocycles. The Labute approximate surface area is 270 Å². The maximum Gasteiger partial charge on any atom is 0.290 e. The Morgan fingerprint density at radius 2 is 1.80 bits per heavy atom. The van der Waals surface area contributed by atoms with E-state index in [4.69, 9.17) is 50.4 Å². The van der Waals surface area contributed by atoms with E-state index in [1.165, 1.54) is 5.06 Å². The Hall–Kier alpha value is -3.65. The number of allylic oxidation sites excluding steroid dienone is 4. The van der Waals surface area contributed by atoms with Gasteiger partial charge in [0, 0.05) is 23.3 Å². The van der Waals surface area contributed by atoms with E-state index in [-0.39, 0.29) is 21.4 Å². The maximum absolute atomic E-state index is 13.3. The summed E-state index contributed by atoms with van der Waals surface area (Å²) in [5, 5.41) is 9.12. The van der Waals surface area contributed by atoms with Crippen LogP contribution in [0.1, 0.15) is 28.6 Å². The van der Waals surface area contributed by atoms with Crippen LogP contribution in [0.15, 0.2) is 104 Å². The molecule has 232 valence electrons. The van der Waals surface area contributed by atoms with Gasteiger partial charge in [0.25, 0.3) is 5.91 Å². The highest BCUT2D eigenvalue weighted by atomic mass is 35.5. The van der Waals surface area contributed by atoms with Crippen molar-refractivity contribution in [2.45, 2.75) is 31.7 Å².